The normalized spacial score (nSPS) is 11.6. The van der Waals surface area contributed by atoms with E-state index in [1.54, 1.807) is 6.07 Å². The summed E-state index contributed by atoms with van der Waals surface area (Å²) in [7, 11) is -3.34. The third-order valence-electron chi connectivity index (χ3n) is 2.13. The third kappa shape index (κ3) is 5.25. The van der Waals surface area contributed by atoms with Gasteiger partial charge in [-0.15, -0.1) is 0 Å². The highest BCUT2D eigenvalue weighted by Gasteiger charge is 2.14. The lowest BCUT2D eigenvalue weighted by molar-refractivity contribution is 0.157. The van der Waals surface area contributed by atoms with Crippen LogP contribution in [0.3, 0.4) is 0 Å². The number of halogens is 1. The van der Waals surface area contributed by atoms with E-state index in [4.69, 9.17) is 10.5 Å². The first-order valence-electron chi connectivity index (χ1n) is 5.27. The molecule has 0 aliphatic heterocycles. The molecule has 1 rings (SSSR count). The highest BCUT2D eigenvalue weighted by atomic mass is 32.2. The fourth-order valence-electron chi connectivity index (χ4n) is 1.30. The summed E-state index contributed by atoms with van der Waals surface area (Å²) in [5, 5.41) is 0. The van der Waals surface area contributed by atoms with Crippen molar-refractivity contribution in [2.24, 2.45) is 5.73 Å². The molecule has 0 atom stereocenters. The minimum absolute atomic E-state index is 0.0913. The molecule has 0 fully saturated rings. The van der Waals surface area contributed by atoms with Crippen molar-refractivity contribution in [1.82, 2.24) is 0 Å². The average Bonchev–Trinajstić information content (AvgIpc) is 2.28. The van der Waals surface area contributed by atoms with Gasteiger partial charge in [0.15, 0.2) is 9.84 Å². The van der Waals surface area contributed by atoms with Crippen LogP contribution in [0.5, 0.6) is 0 Å². The monoisotopic (exact) mass is 261 g/mol. The van der Waals surface area contributed by atoms with E-state index in [-0.39, 0.29) is 23.7 Å². The van der Waals surface area contributed by atoms with Crippen LogP contribution in [0.2, 0.25) is 0 Å². The van der Waals surface area contributed by atoms with Gasteiger partial charge in [0.25, 0.3) is 0 Å². The Labute approximate surface area is 101 Å². The van der Waals surface area contributed by atoms with Crippen molar-refractivity contribution in [2.45, 2.75) is 5.75 Å². The summed E-state index contributed by atoms with van der Waals surface area (Å²) in [6.07, 6.45) is 0. The molecule has 96 valence electrons. The Kier molecular flexibility index (Phi) is 5.54. The first-order valence-corrected chi connectivity index (χ1v) is 7.09. The second kappa shape index (κ2) is 6.68. The van der Waals surface area contributed by atoms with E-state index < -0.39 is 15.7 Å². The fourth-order valence-corrected chi connectivity index (χ4v) is 2.52. The summed E-state index contributed by atoms with van der Waals surface area (Å²) in [6.45, 7) is 0.774. The van der Waals surface area contributed by atoms with Crippen LogP contribution >= 0.6 is 0 Å². The summed E-state index contributed by atoms with van der Waals surface area (Å²) in [4.78, 5) is 0. The summed E-state index contributed by atoms with van der Waals surface area (Å²) < 4.78 is 41.5. The minimum Gasteiger partial charge on any atom is -0.379 e. The number of hydrogen-bond donors (Lipinski definition) is 1. The summed E-state index contributed by atoms with van der Waals surface area (Å²) in [6, 6.07) is 5.85. The fraction of sp³-hybridized carbons (Fsp3) is 0.455. The zero-order chi connectivity index (χ0) is 12.7. The van der Waals surface area contributed by atoms with Crippen molar-refractivity contribution in [3.05, 3.63) is 35.6 Å². The van der Waals surface area contributed by atoms with Gasteiger partial charge in [0.1, 0.15) is 5.82 Å². The minimum atomic E-state index is -3.34. The molecule has 0 spiro atoms. The maximum Gasteiger partial charge on any atom is 0.156 e. The maximum absolute atomic E-state index is 13.3. The molecular formula is C11H16FNO3S. The predicted octanol–water partition coefficient (Wildman–Crippen LogP) is 0.716. The van der Waals surface area contributed by atoms with Crippen LogP contribution in [0.4, 0.5) is 4.39 Å². The SMILES string of the molecule is NCCOCCS(=O)(=O)Cc1ccccc1F. The Morgan fingerprint density at radius 3 is 2.59 bits per heavy atom. The first kappa shape index (κ1) is 14.1. The van der Waals surface area contributed by atoms with Gasteiger partial charge in [0, 0.05) is 12.1 Å². The Morgan fingerprint density at radius 2 is 1.94 bits per heavy atom. The van der Waals surface area contributed by atoms with E-state index >= 15 is 0 Å². The molecular weight excluding hydrogens is 245 g/mol. The summed E-state index contributed by atoms with van der Waals surface area (Å²) in [5.41, 5.74) is 5.38. The van der Waals surface area contributed by atoms with E-state index in [1.807, 2.05) is 0 Å². The van der Waals surface area contributed by atoms with Gasteiger partial charge < -0.3 is 10.5 Å². The zero-order valence-electron chi connectivity index (χ0n) is 9.43. The molecule has 1 aromatic carbocycles. The van der Waals surface area contributed by atoms with Crippen LogP contribution < -0.4 is 5.73 Å². The van der Waals surface area contributed by atoms with Crippen molar-refractivity contribution in [2.75, 3.05) is 25.5 Å². The predicted molar refractivity (Wildman–Crippen MR) is 63.8 cm³/mol. The first-order chi connectivity index (χ1) is 8.05. The summed E-state index contributed by atoms with van der Waals surface area (Å²) >= 11 is 0. The molecule has 17 heavy (non-hydrogen) atoms. The van der Waals surface area contributed by atoms with Crippen LogP contribution in [0.1, 0.15) is 5.56 Å². The lowest BCUT2D eigenvalue weighted by Crippen LogP contribution is -2.17. The van der Waals surface area contributed by atoms with Gasteiger partial charge in [-0.05, 0) is 6.07 Å². The van der Waals surface area contributed by atoms with E-state index in [0.717, 1.165) is 0 Å². The smallest absolute Gasteiger partial charge is 0.156 e. The quantitative estimate of drug-likeness (QED) is 0.734. The van der Waals surface area contributed by atoms with Gasteiger partial charge >= 0.3 is 0 Å². The highest BCUT2D eigenvalue weighted by molar-refractivity contribution is 7.90. The average molecular weight is 261 g/mol. The van der Waals surface area contributed by atoms with E-state index in [1.165, 1.54) is 18.2 Å². The van der Waals surface area contributed by atoms with Gasteiger partial charge in [-0.1, -0.05) is 18.2 Å². The molecule has 0 aromatic heterocycles. The maximum atomic E-state index is 13.3. The molecule has 0 saturated heterocycles. The molecule has 0 aliphatic carbocycles. The van der Waals surface area contributed by atoms with Gasteiger partial charge in [-0.3, -0.25) is 0 Å². The Bertz CT molecular complexity index is 448. The zero-order valence-corrected chi connectivity index (χ0v) is 10.2. The molecule has 0 unspecified atom stereocenters. The van der Waals surface area contributed by atoms with Crippen molar-refractivity contribution in [1.29, 1.82) is 0 Å². The van der Waals surface area contributed by atoms with Crippen LogP contribution in [0.15, 0.2) is 24.3 Å². The van der Waals surface area contributed by atoms with Crippen LogP contribution in [-0.2, 0) is 20.3 Å². The summed E-state index contributed by atoms with van der Waals surface area (Å²) in [5.74, 6) is -0.925. The second-order valence-electron chi connectivity index (χ2n) is 3.58. The molecule has 0 radical (unpaired) electrons. The van der Waals surface area contributed by atoms with Crippen LogP contribution in [0, 0.1) is 5.82 Å². The molecule has 0 heterocycles. The van der Waals surface area contributed by atoms with Gasteiger partial charge in [0.2, 0.25) is 0 Å². The lowest BCUT2D eigenvalue weighted by atomic mass is 10.2. The number of benzene rings is 1. The Balaban J connectivity index is 2.52. The van der Waals surface area contributed by atoms with E-state index in [2.05, 4.69) is 0 Å². The highest BCUT2D eigenvalue weighted by Crippen LogP contribution is 2.11. The molecule has 4 nitrogen and oxygen atoms in total. The number of hydrogen-bond acceptors (Lipinski definition) is 4. The standard InChI is InChI=1S/C11H16FNO3S/c12-11-4-2-1-3-10(11)9-17(14,15)8-7-16-6-5-13/h1-4H,5-9,13H2. The Morgan fingerprint density at radius 1 is 1.24 bits per heavy atom. The molecule has 0 aliphatic rings. The molecule has 6 heteroatoms. The lowest BCUT2D eigenvalue weighted by Gasteiger charge is -2.06. The molecule has 0 saturated carbocycles. The largest absolute Gasteiger partial charge is 0.379 e. The number of sulfone groups is 1. The Hall–Kier alpha value is -0.980. The molecule has 1 aromatic rings. The van der Waals surface area contributed by atoms with Crippen LogP contribution in [-0.4, -0.2) is 33.9 Å². The number of nitrogens with two attached hydrogens (primary N) is 1. The third-order valence-corrected chi connectivity index (χ3v) is 3.67. The molecule has 0 bridgehead atoms. The van der Waals surface area contributed by atoms with Crippen LogP contribution in [0.25, 0.3) is 0 Å². The topological polar surface area (TPSA) is 69.4 Å². The number of rotatable bonds is 7. The molecule has 2 N–H and O–H groups in total. The van der Waals surface area contributed by atoms with Gasteiger partial charge in [-0.2, -0.15) is 0 Å². The molecule has 0 amide bonds. The van der Waals surface area contributed by atoms with Crippen molar-refractivity contribution in [3.63, 3.8) is 0 Å². The van der Waals surface area contributed by atoms with E-state index in [9.17, 15) is 12.8 Å². The second-order valence-corrected chi connectivity index (χ2v) is 5.77. The van der Waals surface area contributed by atoms with E-state index in [0.29, 0.717) is 13.2 Å². The van der Waals surface area contributed by atoms with Gasteiger partial charge in [0.05, 0.1) is 24.7 Å². The number of ether oxygens (including phenoxy) is 1. The van der Waals surface area contributed by atoms with Crippen molar-refractivity contribution < 1.29 is 17.5 Å². The van der Waals surface area contributed by atoms with Crippen molar-refractivity contribution >= 4 is 9.84 Å². The van der Waals surface area contributed by atoms with Crippen molar-refractivity contribution in [3.8, 4) is 0 Å². The van der Waals surface area contributed by atoms with Gasteiger partial charge in [-0.25, -0.2) is 12.8 Å².